The monoisotopic (exact) mass is 361 g/mol. The van der Waals surface area contributed by atoms with Crippen molar-refractivity contribution in [2.45, 2.75) is 0 Å². The summed E-state index contributed by atoms with van der Waals surface area (Å²) in [7, 11) is 1.65. The summed E-state index contributed by atoms with van der Waals surface area (Å²) in [6.45, 7) is 0. The molecule has 2 aromatic carbocycles. The van der Waals surface area contributed by atoms with Crippen molar-refractivity contribution in [1.29, 1.82) is 5.26 Å². The first kappa shape index (κ1) is 17.5. The molecule has 1 N–H and O–H groups in total. The Kier molecular flexibility index (Phi) is 5.52. The van der Waals surface area contributed by atoms with Crippen LogP contribution in [-0.2, 0) is 4.79 Å². The van der Waals surface area contributed by atoms with E-state index in [0.29, 0.717) is 10.1 Å². The molecule has 1 heterocycles. The zero-order chi connectivity index (χ0) is 18.4. The number of aliphatic imine (C=N–C) groups is 1. The van der Waals surface area contributed by atoms with E-state index < -0.39 is 0 Å². The lowest BCUT2D eigenvalue weighted by atomic mass is 10.1. The van der Waals surface area contributed by atoms with E-state index in [0.717, 1.165) is 34.2 Å². The number of benzene rings is 2. The molecule has 1 aliphatic heterocycles. The number of carbonyl (C=O) groups is 1. The fraction of sp³-hybridized carbons (Fsp3) is 0.0500. The molecule has 3 rings (SSSR count). The van der Waals surface area contributed by atoms with Crippen molar-refractivity contribution in [3.8, 4) is 11.9 Å². The molecule has 0 aromatic heterocycles. The highest BCUT2D eigenvalue weighted by Gasteiger charge is 2.23. The molecule has 5 nitrogen and oxygen atoms in total. The van der Waals surface area contributed by atoms with Gasteiger partial charge in [0, 0.05) is 0 Å². The second kappa shape index (κ2) is 8.19. The van der Waals surface area contributed by atoms with Gasteiger partial charge < -0.3 is 4.74 Å². The Hall–Kier alpha value is -3.30. The van der Waals surface area contributed by atoms with Crippen LogP contribution in [-0.4, -0.2) is 18.2 Å². The van der Waals surface area contributed by atoms with Crippen molar-refractivity contribution in [1.82, 2.24) is 5.32 Å². The molecule has 128 valence electrons. The highest BCUT2D eigenvalue weighted by molar-refractivity contribution is 8.18. The van der Waals surface area contributed by atoms with E-state index in [9.17, 15) is 4.79 Å². The number of nitrogens with one attached hydrogen (secondary N) is 1. The van der Waals surface area contributed by atoms with Crippen LogP contribution in [0.2, 0.25) is 0 Å². The molecule has 0 radical (unpaired) electrons. The third-order valence-electron chi connectivity index (χ3n) is 3.62. The van der Waals surface area contributed by atoms with Crippen LogP contribution in [0.3, 0.4) is 0 Å². The number of methoxy groups -OCH3 is 1. The molecule has 26 heavy (non-hydrogen) atoms. The average molecular weight is 361 g/mol. The van der Waals surface area contributed by atoms with Crippen molar-refractivity contribution < 1.29 is 9.53 Å². The smallest absolute Gasteiger partial charge is 0.264 e. The van der Waals surface area contributed by atoms with E-state index in [-0.39, 0.29) is 5.91 Å². The average Bonchev–Trinajstić information content (AvgIpc) is 3.01. The van der Waals surface area contributed by atoms with Crippen LogP contribution in [0.15, 0.2) is 58.4 Å². The fourth-order valence-electron chi connectivity index (χ4n) is 2.29. The fourth-order valence-corrected chi connectivity index (χ4v) is 3.07. The Morgan fingerprint density at radius 1 is 1.04 bits per heavy atom. The van der Waals surface area contributed by atoms with Gasteiger partial charge in [0.25, 0.3) is 5.91 Å². The molecule has 1 saturated heterocycles. The number of thioether (sulfide) groups is 1. The molecule has 0 saturated carbocycles. The summed E-state index contributed by atoms with van der Waals surface area (Å²) in [5.41, 5.74) is 3.04. The first-order valence-corrected chi connectivity index (χ1v) is 8.59. The molecule has 6 heteroatoms. The summed E-state index contributed by atoms with van der Waals surface area (Å²) in [5.74, 6) is 0.587. The van der Waals surface area contributed by atoms with Crippen LogP contribution in [0.1, 0.15) is 16.7 Å². The third-order valence-corrected chi connectivity index (χ3v) is 4.53. The molecule has 0 aliphatic carbocycles. The Bertz CT molecular complexity index is 937. The van der Waals surface area contributed by atoms with E-state index in [1.54, 1.807) is 19.4 Å². The van der Waals surface area contributed by atoms with Crippen molar-refractivity contribution >= 4 is 41.1 Å². The SMILES string of the molecule is COc1ccc(C=Cc2ccc(C=C3SC(=NC#N)NC3=O)cc2)cc1. The first-order valence-electron chi connectivity index (χ1n) is 7.78. The number of rotatable bonds is 4. The normalized spacial score (nSPS) is 16.8. The lowest BCUT2D eigenvalue weighted by Crippen LogP contribution is -2.19. The van der Waals surface area contributed by atoms with E-state index in [1.807, 2.05) is 60.7 Å². The molecule has 1 fully saturated rings. The summed E-state index contributed by atoms with van der Waals surface area (Å²) in [6.07, 6.45) is 7.49. The molecular weight excluding hydrogens is 346 g/mol. The number of nitriles is 1. The molecule has 0 atom stereocenters. The van der Waals surface area contributed by atoms with Gasteiger partial charge in [0.05, 0.1) is 12.0 Å². The topological polar surface area (TPSA) is 74.5 Å². The van der Waals surface area contributed by atoms with Crippen LogP contribution >= 0.6 is 11.8 Å². The van der Waals surface area contributed by atoms with Gasteiger partial charge in [-0.1, -0.05) is 48.6 Å². The summed E-state index contributed by atoms with van der Waals surface area (Å²) in [5, 5.41) is 11.4. The lowest BCUT2D eigenvalue weighted by Gasteiger charge is -2.00. The van der Waals surface area contributed by atoms with Crippen LogP contribution < -0.4 is 10.1 Å². The number of ether oxygens (including phenoxy) is 1. The second-order valence-electron chi connectivity index (χ2n) is 5.35. The maximum Gasteiger partial charge on any atom is 0.264 e. The number of carbonyl (C=O) groups excluding carboxylic acids is 1. The molecule has 0 spiro atoms. The van der Waals surface area contributed by atoms with Gasteiger partial charge in [-0.3, -0.25) is 10.1 Å². The molecule has 0 bridgehead atoms. The van der Waals surface area contributed by atoms with E-state index in [4.69, 9.17) is 10.00 Å². The standard InChI is InChI=1S/C20H15N3O2S/c1-25-17-10-8-15(9-11-17)3-2-14-4-6-16(7-5-14)12-18-19(24)23-20(26-18)22-13-21/h2-12H,1H3,(H,22,23,24). The quantitative estimate of drug-likeness (QED) is 0.509. The minimum atomic E-state index is -0.243. The van der Waals surface area contributed by atoms with Crippen LogP contribution in [0, 0.1) is 11.5 Å². The second-order valence-corrected chi connectivity index (χ2v) is 6.39. The van der Waals surface area contributed by atoms with Gasteiger partial charge in [0.2, 0.25) is 6.19 Å². The third kappa shape index (κ3) is 4.41. The molecule has 1 aliphatic rings. The van der Waals surface area contributed by atoms with Crippen LogP contribution in [0.5, 0.6) is 5.75 Å². The Labute approximate surface area is 155 Å². The number of amides is 1. The van der Waals surface area contributed by atoms with Crippen molar-refractivity contribution in [3.63, 3.8) is 0 Å². The summed E-state index contributed by atoms with van der Waals surface area (Å²) in [4.78, 5) is 15.9. The number of hydrogen-bond acceptors (Lipinski definition) is 5. The van der Waals surface area contributed by atoms with E-state index >= 15 is 0 Å². The lowest BCUT2D eigenvalue weighted by molar-refractivity contribution is -0.115. The Morgan fingerprint density at radius 2 is 1.62 bits per heavy atom. The predicted molar refractivity (Wildman–Crippen MR) is 105 cm³/mol. The first-order chi connectivity index (χ1) is 12.7. The highest BCUT2D eigenvalue weighted by Crippen LogP contribution is 2.26. The maximum absolute atomic E-state index is 11.8. The van der Waals surface area contributed by atoms with Gasteiger partial charge in [-0.05, 0) is 46.7 Å². The van der Waals surface area contributed by atoms with Gasteiger partial charge >= 0.3 is 0 Å². The summed E-state index contributed by atoms with van der Waals surface area (Å²) < 4.78 is 5.14. The van der Waals surface area contributed by atoms with Crippen molar-refractivity contribution in [2.75, 3.05) is 7.11 Å². The molecular formula is C20H15N3O2S. The molecule has 2 aromatic rings. The molecule has 0 unspecified atom stereocenters. The van der Waals surface area contributed by atoms with Gasteiger partial charge in [-0.2, -0.15) is 5.26 Å². The Morgan fingerprint density at radius 3 is 2.19 bits per heavy atom. The highest BCUT2D eigenvalue weighted by atomic mass is 32.2. The minimum Gasteiger partial charge on any atom is -0.497 e. The number of hydrogen-bond donors (Lipinski definition) is 1. The predicted octanol–water partition coefficient (Wildman–Crippen LogP) is 3.91. The Balaban J connectivity index is 1.69. The molecule has 1 amide bonds. The van der Waals surface area contributed by atoms with Gasteiger partial charge in [-0.15, -0.1) is 4.99 Å². The van der Waals surface area contributed by atoms with E-state index in [1.165, 1.54) is 0 Å². The summed E-state index contributed by atoms with van der Waals surface area (Å²) in [6, 6.07) is 15.7. The van der Waals surface area contributed by atoms with Gasteiger partial charge in [0.15, 0.2) is 5.17 Å². The van der Waals surface area contributed by atoms with Crippen LogP contribution in [0.25, 0.3) is 18.2 Å². The minimum absolute atomic E-state index is 0.243. The van der Waals surface area contributed by atoms with Crippen molar-refractivity contribution in [2.24, 2.45) is 4.99 Å². The van der Waals surface area contributed by atoms with Crippen molar-refractivity contribution in [3.05, 3.63) is 70.1 Å². The van der Waals surface area contributed by atoms with Gasteiger partial charge in [-0.25, -0.2) is 0 Å². The van der Waals surface area contributed by atoms with E-state index in [2.05, 4.69) is 10.3 Å². The zero-order valence-corrected chi connectivity index (χ0v) is 14.8. The maximum atomic E-state index is 11.8. The van der Waals surface area contributed by atoms with Gasteiger partial charge in [0.1, 0.15) is 5.75 Å². The number of nitrogens with zero attached hydrogens (tertiary/aromatic N) is 2. The zero-order valence-electron chi connectivity index (χ0n) is 14.0. The largest absolute Gasteiger partial charge is 0.497 e. The number of amidine groups is 1. The van der Waals surface area contributed by atoms with Crippen LogP contribution in [0.4, 0.5) is 0 Å². The summed E-state index contributed by atoms with van der Waals surface area (Å²) >= 11 is 1.16.